The Hall–Kier alpha value is -3.62. The third-order valence-electron chi connectivity index (χ3n) is 5.03. The van der Waals surface area contributed by atoms with Crippen molar-refractivity contribution >= 4 is 0 Å². The molecular formula is C22H26N8O. The summed E-state index contributed by atoms with van der Waals surface area (Å²) in [5.41, 5.74) is 2.35. The fraction of sp³-hybridized carbons (Fsp3) is 0.364. The largest absolute Gasteiger partial charge is 0.494 e. The molecule has 2 heterocycles. The lowest BCUT2D eigenvalue weighted by Gasteiger charge is -2.08. The fourth-order valence-electron chi connectivity index (χ4n) is 3.36. The Morgan fingerprint density at radius 3 is 2.48 bits per heavy atom. The summed E-state index contributed by atoms with van der Waals surface area (Å²) in [5, 5.41) is 26.1. The van der Waals surface area contributed by atoms with Crippen LogP contribution in [0.2, 0.25) is 0 Å². The molecule has 9 heteroatoms. The van der Waals surface area contributed by atoms with E-state index in [9.17, 15) is 0 Å². The minimum absolute atomic E-state index is 0.713. The molecule has 9 nitrogen and oxygen atoms in total. The maximum atomic E-state index is 5.88. The van der Waals surface area contributed by atoms with Crippen molar-refractivity contribution in [1.82, 2.24) is 40.8 Å². The van der Waals surface area contributed by atoms with E-state index >= 15 is 0 Å². The molecule has 4 rings (SSSR count). The number of nitrogens with zero attached hydrogens (tertiary/aromatic N) is 7. The predicted molar refractivity (Wildman–Crippen MR) is 115 cm³/mol. The van der Waals surface area contributed by atoms with E-state index in [1.165, 1.54) is 5.56 Å². The van der Waals surface area contributed by atoms with Crippen molar-refractivity contribution in [2.24, 2.45) is 0 Å². The highest BCUT2D eigenvalue weighted by Crippen LogP contribution is 2.20. The molecule has 2 aromatic heterocycles. The van der Waals surface area contributed by atoms with E-state index in [0.717, 1.165) is 68.0 Å². The van der Waals surface area contributed by atoms with Crippen LogP contribution in [0.5, 0.6) is 5.75 Å². The molecule has 0 atom stereocenters. The molecule has 4 aromatic rings. The molecule has 0 amide bonds. The van der Waals surface area contributed by atoms with Crippen molar-refractivity contribution in [1.29, 1.82) is 0 Å². The zero-order valence-corrected chi connectivity index (χ0v) is 17.4. The molecule has 0 saturated carbocycles. The first-order valence-corrected chi connectivity index (χ1v) is 10.6. The van der Waals surface area contributed by atoms with Gasteiger partial charge in [0.15, 0.2) is 11.6 Å². The highest BCUT2D eigenvalue weighted by Gasteiger charge is 2.09. The van der Waals surface area contributed by atoms with Gasteiger partial charge in [-0.15, -0.1) is 15.3 Å². The van der Waals surface area contributed by atoms with E-state index in [0.29, 0.717) is 6.61 Å². The van der Waals surface area contributed by atoms with Crippen LogP contribution in [0.1, 0.15) is 37.1 Å². The Kier molecular flexibility index (Phi) is 7.30. The van der Waals surface area contributed by atoms with E-state index in [1.54, 1.807) is 0 Å². The summed E-state index contributed by atoms with van der Waals surface area (Å²) in [5.74, 6) is 2.35. The second-order valence-electron chi connectivity index (χ2n) is 7.33. The third kappa shape index (κ3) is 6.18. The molecule has 0 spiro atoms. The number of hydrogen-bond acceptors (Lipinski definition) is 7. The molecule has 2 aromatic carbocycles. The van der Waals surface area contributed by atoms with Crippen LogP contribution in [0.3, 0.4) is 0 Å². The zero-order valence-electron chi connectivity index (χ0n) is 17.4. The Labute approximate surface area is 180 Å². The number of aromatic amines is 1. The topological polar surface area (TPSA) is 107 Å². The van der Waals surface area contributed by atoms with Gasteiger partial charge in [-0.3, -0.25) is 0 Å². The molecule has 0 saturated heterocycles. The van der Waals surface area contributed by atoms with E-state index in [1.807, 2.05) is 35.0 Å². The lowest BCUT2D eigenvalue weighted by atomic mass is 10.1. The minimum atomic E-state index is 0.713. The van der Waals surface area contributed by atoms with Crippen molar-refractivity contribution in [2.75, 3.05) is 6.61 Å². The van der Waals surface area contributed by atoms with Gasteiger partial charge in [-0.1, -0.05) is 35.5 Å². The molecule has 0 fully saturated rings. The van der Waals surface area contributed by atoms with Crippen LogP contribution >= 0.6 is 0 Å². The second-order valence-corrected chi connectivity index (χ2v) is 7.33. The molecule has 1 N–H and O–H groups in total. The number of rotatable bonds is 12. The number of aromatic nitrogens is 8. The Morgan fingerprint density at radius 2 is 1.68 bits per heavy atom. The number of hydrogen-bond donors (Lipinski definition) is 1. The van der Waals surface area contributed by atoms with E-state index in [4.69, 9.17) is 4.74 Å². The normalized spacial score (nSPS) is 11.0. The number of ether oxygens (including phenoxy) is 1. The Balaban J connectivity index is 1.20. The SMILES string of the molecule is c1ccc(CCCCOc2ccc(-c3nnnn3CCCCc3nn[nH]n3)cc2)cc1. The predicted octanol–water partition coefficient (Wildman–Crippen LogP) is 3.28. The van der Waals surface area contributed by atoms with Gasteiger partial charge in [-0.2, -0.15) is 5.21 Å². The van der Waals surface area contributed by atoms with Crippen LogP contribution in [-0.2, 0) is 19.4 Å². The smallest absolute Gasteiger partial charge is 0.182 e. The molecule has 0 aliphatic heterocycles. The first kappa shape index (κ1) is 20.6. The molecule has 0 aliphatic rings. The summed E-state index contributed by atoms with van der Waals surface area (Å²) < 4.78 is 7.71. The van der Waals surface area contributed by atoms with Crippen LogP contribution < -0.4 is 4.74 Å². The molecular weight excluding hydrogens is 392 g/mol. The van der Waals surface area contributed by atoms with Gasteiger partial charge in [0.2, 0.25) is 0 Å². The molecule has 160 valence electrons. The zero-order chi connectivity index (χ0) is 21.1. The number of unbranched alkanes of at least 4 members (excludes halogenated alkanes) is 2. The van der Waals surface area contributed by atoms with Crippen LogP contribution in [0, 0.1) is 0 Å². The number of aryl methyl sites for hydroxylation is 3. The standard InChI is InChI=1S/C22H26N8O/c1-2-8-18(9-3-1)10-5-7-17-31-20-14-12-19(13-15-20)22-25-28-29-30(22)16-6-4-11-21-23-26-27-24-21/h1-3,8-9,12-15H,4-7,10-11,16-17H2,(H,23,24,26,27). The van der Waals surface area contributed by atoms with E-state index in [2.05, 4.69) is 60.4 Å². The van der Waals surface area contributed by atoms with E-state index in [-0.39, 0.29) is 0 Å². The summed E-state index contributed by atoms with van der Waals surface area (Å²) in [4.78, 5) is 0. The van der Waals surface area contributed by atoms with Crippen molar-refractivity contribution in [2.45, 2.75) is 45.1 Å². The summed E-state index contributed by atoms with van der Waals surface area (Å²) in [6.07, 6.45) is 5.88. The van der Waals surface area contributed by atoms with Gasteiger partial charge in [-0.25, -0.2) is 4.68 Å². The average molecular weight is 419 g/mol. The van der Waals surface area contributed by atoms with Crippen LogP contribution in [0.4, 0.5) is 0 Å². The summed E-state index contributed by atoms with van der Waals surface area (Å²) in [6, 6.07) is 18.5. The van der Waals surface area contributed by atoms with Gasteiger partial charge in [-0.05, 0) is 72.4 Å². The van der Waals surface area contributed by atoms with Gasteiger partial charge in [0.25, 0.3) is 0 Å². The van der Waals surface area contributed by atoms with Crippen molar-refractivity contribution in [3.8, 4) is 17.1 Å². The van der Waals surface area contributed by atoms with Crippen molar-refractivity contribution in [3.05, 3.63) is 66.0 Å². The monoisotopic (exact) mass is 418 g/mol. The van der Waals surface area contributed by atoms with Crippen molar-refractivity contribution < 1.29 is 4.74 Å². The van der Waals surface area contributed by atoms with Crippen LogP contribution in [-0.4, -0.2) is 47.4 Å². The van der Waals surface area contributed by atoms with Crippen molar-refractivity contribution in [3.63, 3.8) is 0 Å². The minimum Gasteiger partial charge on any atom is -0.494 e. The summed E-state index contributed by atoms with van der Waals surface area (Å²) in [7, 11) is 0. The Bertz CT molecular complexity index is 1020. The highest BCUT2D eigenvalue weighted by atomic mass is 16.5. The first-order valence-electron chi connectivity index (χ1n) is 10.6. The summed E-state index contributed by atoms with van der Waals surface area (Å²) >= 11 is 0. The quantitative estimate of drug-likeness (QED) is 0.352. The Morgan fingerprint density at radius 1 is 0.839 bits per heavy atom. The molecule has 0 aliphatic carbocycles. The second kappa shape index (κ2) is 11.0. The van der Waals surface area contributed by atoms with Gasteiger partial charge in [0, 0.05) is 18.5 Å². The summed E-state index contributed by atoms with van der Waals surface area (Å²) in [6.45, 7) is 1.45. The third-order valence-corrected chi connectivity index (χ3v) is 5.03. The average Bonchev–Trinajstić information content (AvgIpc) is 3.50. The number of H-pyrrole nitrogens is 1. The lowest BCUT2D eigenvalue weighted by molar-refractivity contribution is 0.307. The van der Waals surface area contributed by atoms with Gasteiger partial charge in [0.05, 0.1) is 6.61 Å². The molecule has 0 radical (unpaired) electrons. The number of tetrazole rings is 2. The maximum absolute atomic E-state index is 5.88. The van der Waals surface area contributed by atoms with Crippen LogP contribution in [0.15, 0.2) is 54.6 Å². The van der Waals surface area contributed by atoms with Crippen LogP contribution in [0.25, 0.3) is 11.4 Å². The van der Waals surface area contributed by atoms with Gasteiger partial charge < -0.3 is 4.74 Å². The lowest BCUT2D eigenvalue weighted by Crippen LogP contribution is -2.04. The van der Waals surface area contributed by atoms with E-state index < -0.39 is 0 Å². The fourth-order valence-corrected chi connectivity index (χ4v) is 3.36. The first-order chi connectivity index (χ1) is 15.4. The molecule has 31 heavy (non-hydrogen) atoms. The molecule has 0 bridgehead atoms. The van der Waals surface area contributed by atoms with Gasteiger partial charge >= 0.3 is 0 Å². The maximum Gasteiger partial charge on any atom is 0.182 e. The van der Waals surface area contributed by atoms with Gasteiger partial charge in [0.1, 0.15) is 5.75 Å². The number of benzene rings is 2. The number of nitrogens with one attached hydrogen (secondary N) is 1. The molecule has 0 unspecified atom stereocenters. The highest BCUT2D eigenvalue weighted by molar-refractivity contribution is 5.55.